The molecule has 0 spiro atoms. The van der Waals surface area contributed by atoms with Crippen molar-refractivity contribution in [2.75, 3.05) is 0 Å². The summed E-state index contributed by atoms with van der Waals surface area (Å²) in [6, 6.07) is 7.60. The molecule has 0 unspecified atom stereocenters. The maximum atomic E-state index is 12.4. The fourth-order valence-corrected chi connectivity index (χ4v) is 3.85. The Morgan fingerprint density at radius 1 is 1.07 bits per heavy atom. The molecule has 0 atom stereocenters. The smallest absolute Gasteiger partial charge is 0.269 e. The van der Waals surface area contributed by atoms with Crippen molar-refractivity contribution in [3.63, 3.8) is 0 Å². The number of thiazole rings is 1. The second-order valence-electron chi connectivity index (χ2n) is 6.94. The maximum absolute atomic E-state index is 12.4. The lowest BCUT2D eigenvalue weighted by atomic mass is 10.1. The first-order valence-electron chi connectivity index (χ1n) is 9.02. The van der Waals surface area contributed by atoms with Crippen LogP contribution in [0, 0.1) is 34.6 Å². The number of nitrogens with zero attached hydrogens (tertiary/aromatic N) is 2. The highest BCUT2D eigenvalue weighted by molar-refractivity contribution is 7.09. The topological polar surface area (TPSA) is 76.0 Å². The molecule has 0 fully saturated rings. The second kappa shape index (κ2) is 7.98. The van der Waals surface area contributed by atoms with Gasteiger partial charge in [0, 0.05) is 27.9 Å². The zero-order valence-electron chi connectivity index (χ0n) is 16.7. The van der Waals surface area contributed by atoms with Crippen molar-refractivity contribution in [3.8, 4) is 11.3 Å². The van der Waals surface area contributed by atoms with Gasteiger partial charge in [-0.2, -0.15) is 0 Å². The van der Waals surface area contributed by atoms with Crippen molar-refractivity contribution >= 4 is 23.2 Å². The minimum absolute atomic E-state index is 0.119. The van der Waals surface area contributed by atoms with E-state index in [2.05, 4.69) is 15.8 Å². The fraction of sp³-hybridized carbons (Fsp3) is 0.286. The first-order chi connectivity index (χ1) is 13.3. The van der Waals surface area contributed by atoms with Gasteiger partial charge in [0.15, 0.2) is 0 Å². The minimum atomic E-state index is -0.328. The molecule has 3 rings (SSSR count). The number of aromatic nitrogens is 2. The summed E-state index contributed by atoms with van der Waals surface area (Å²) in [5.74, 6) is -0.619. The largest absolute Gasteiger partial charge is 0.339 e. The van der Waals surface area contributed by atoms with Crippen molar-refractivity contribution < 1.29 is 9.59 Å². The molecule has 0 aliphatic heterocycles. The Labute approximate surface area is 168 Å². The zero-order valence-corrected chi connectivity index (χ0v) is 17.5. The third kappa shape index (κ3) is 4.14. The number of carbonyl (C=O) groups excluding carboxylic acids is 2. The van der Waals surface area contributed by atoms with E-state index in [4.69, 9.17) is 0 Å². The summed E-state index contributed by atoms with van der Waals surface area (Å²) in [5.41, 5.74) is 11.4. The zero-order chi connectivity index (χ0) is 20.4. The second-order valence-corrected chi connectivity index (χ2v) is 8.01. The Bertz CT molecular complexity index is 1050. The van der Waals surface area contributed by atoms with Crippen molar-refractivity contribution in [1.82, 2.24) is 20.4 Å². The first kappa shape index (κ1) is 19.8. The van der Waals surface area contributed by atoms with Crippen LogP contribution in [0.5, 0.6) is 0 Å². The van der Waals surface area contributed by atoms with Crippen LogP contribution >= 0.6 is 11.3 Å². The lowest BCUT2D eigenvalue weighted by Gasteiger charge is -2.12. The lowest BCUT2D eigenvalue weighted by molar-refractivity contribution is -0.122. The van der Waals surface area contributed by atoms with Crippen LogP contribution in [0.15, 0.2) is 29.6 Å². The highest BCUT2D eigenvalue weighted by Crippen LogP contribution is 2.27. The molecule has 0 radical (unpaired) electrons. The highest BCUT2D eigenvalue weighted by Gasteiger charge is 2.16. The molecule has 146 valence electrons. The van der Waals surface area contributed by atoms with Gasteiger partial charge < -0.3 is 4.57 Å². The van der Waals surface area contributed by atoms with Gasteiger partial charge in [-0.1, -0.05) is 17.7 Å². The van der Waals surface area contributed by atoms with Gasteiger partial charge in [0.1, 0.15) is 6.54 Å². The number of hydrogen-bond donors (Lipinski definition) is 2. The van der Waals surface area contributed by atoms with E-state index in [1.54, 1.807) is 17.4 Å². The first-order valence-corrected chi connectivity index (χ1v) is 9.90. The summed E-state index contributed by atoms with van der Waals surface area (Å²) in [6.45, 7) is 9.86. The quantitative estimate of drug-likeness (QED) is 0.662. The van der Waals surface area contributed by atoms with Gasteiger partial charge in [-0.3, -0.25) is 20.4 Å². The molecule has 3 aromatic rings. The van der Waals surface area contributed by atoms with Crippen LogP contribution in [0.2, 0.25) is 0 Å². The van der Waals surface area contributed by atoms with Crippen LogP contribution in [0.4, 0.5) is 0 Å². The number of carbonyl (C=O) groups is 2. The van der Waals surface area contributed by atoms with Crippen LogP contribution in [0.3, 0.4) is 0 Å². The molecule has 0 aliphatic rings. The summed E-state index contributed by atoms with van der Waals surface area (Å²) in [7, 11) is 0. The number of hydrazine groups is 1. The summed E-state index contributed by atoms with van der Waals surface area (Å²) in [4.78, 5) is 29.2. The molecule has 2 amide bonds. The average molecular weight is 397 g/mol. The maximum Gasteiger partial charge on any atom is 0.269 e. The normalized spacial score (nSPS) is 10.8. The van der Waals surface area contributed by atoms with Gasteiger partial charge >= 0.3 is 0 Å². The van der Waals surface area contributed by atoms with E-state index in [0.717, 1.165) is 38.8 Å². The molecule has 2 N–H and O–H groups in total. The number of rotatable bonds is 4. The molecule has 28 heavy (non-hydrogen) atoms. The standard InChI is InChI=1S/C21H24N4O2S/c1-12-6-7-17(13(2)8-12)21(27)24-23-20(26)10-25-14(3)9-18(15(25)4)19-11-28-16(5)22-19/h6-9,11H,10H2,1-5H3,(H,23,26)(H,24,27). The molecule has 2 aromatic heterocycles. The van der Waals surface area contributed by atoms with Crippen LogP contribution in [0.1, 0.15) is 37.9 Å². The molecule has 0 saturated heterocycles. The van der Waals surface area contributed by atoms with Crippen LogP contribution in [-0.4, -0.2) is 21.4 Å². The molecule has 6 nitrogen and oxygen atoms in total. The number of hydrogen-bond acceptors (Lipinski definition) is 4. The molecule has 0 aliphatic carbocycles. The van der Waals surface area contributed by atoms with E-state index in [0.29, 0.717) is 5.56 Å². The Morgan fingerprint density at radius 3 is 2.46 bits per heavy atom. The molecule has 0 bridgehead atoms. The fourth-order valence-electron chi connectivity index (χ4n) is 3.24. The minimum Gasteiger partial charge on any atom is -0.339 e. The van der Waals surface area contributed by atoms with Crippen molar-refractivity contribution in [1.29, 1.82) is 0 Å². The number of benzene rings is 1. The van der Waals surface area contributed by atoms with Crippen molar-refractivity contribution in [3.05, 3.63) is 62.7 Å². The summed E-state index contributed by atoms with van der Waals surface area (Å²) < 4.78 is 1.92. The molecular weight excluding hydrogens is 372 g/mol. The van der Waals surface area contributed by atoms with Crippen LogP contribution in [0.25, 0.3) is 11.3 Å². The lowest BCUT2D eigenvalue weighted by Crippen LogP contribution is -2.43. The Morgan fingerprint density at radius 2 is 1.82 bits per heavy atom. The van der Waals surface area contributed by atoms with E-state index < -0.39 is 0 Å². The predicted molar refractivity (Wildman–Crippen MR) is 111 cm³/mol. The third-order valence-corrected chi connectivity index (χ3v) is 5.49. The van der Waals surface area contributed by atoms with Crippen molar-refractivity contribution in [2.24, 2.45) is 0 Å². The number of aryl methyl sites for hydroxylation is 4. The van der Waals surface area contributed by atoms with E-state index in [-0.39, 0.29) is 18.4 Å². The highest BCUT2D eigenvalue weighted by atomic mass is 32.1. The van der Waals surface area contributed by atoms with Gasteiger partial charge in [0.25, 0.3) is 11.8 Å². The van der Waals surface area contributed by atoms with Gasteiger partial charge in [-0.05, 0) is 52.3 Å². The van der Waals surface area contributed by atoms with Gasteiger partial charge in [-0.15, -0.1) is 11.3 Å². The molecular formula is C21H24N4O2S. The van der Waals surface area contributed by atoms with Gasteiger partial charge in [0.2, 0.25) is 0 Å². The SMILES string of the molecule is Cc1ccc(C(=O)NNC(=O)Cn2c(C)cc(-c3csc(C)n3)c2C)c(C)c1. The molecule has 7 heteroatoms. The molecule has 2 heterocycles. The third-order valence-electron chi connectivity index (χ3n) is 4.71. The summed E-state index contributed by atoms with van der Waals surface area (Å²) in [6.07, 6.45) is 0. The molecule has 1 aromatic carbocycles. The van der Waals surface area contributed by atoms with E-state index in [1.165, 1.54) is 0 Å². The van der Waals surface area contributed by atoms with Crippen molar-refractivity contribution in [2.45, 2.75) is 41.2 Å². The Hall–Kier alpha value is -2.93. The monoisotopic (exact) mass is 396 g/mol. The van der Waals surface area contributed by atoms with Gasteiger partial charge in [0.05, 0.1) is 10.7 Å². The van der Waals surface area contributed by atoms with Crippen LogP contribution < -0.4 is 10.9 Å². The van der Waals surface area contributed by atoms with E-state index in [9.17, 15) is 9.59 Å². The average Bonchev–Trinajstić information content (AvgIpc) is 3.18. The molecule has 0 saturated carbocycles. The summed E-state index contributed by atoms with van der Waals surface area (Å²) in [5, 5.41) is 3.03. The number of amides is 2. The number of nitrogens with one attached hydrogen (secondary N) is 2. The Balaban J connectivity index is 1.67. The Kier molecular flexibility index (Phi) is 5.65. The predicted octanol–water partition coefficient (Wildman–Crippen LogP) is 3.61. The summed E-state index contributed by atoms with van der Waals surface area (Å²) >= 11 is 1.60. The van der Waals surface area contributed by atoms with E-state index >= 15 is 0 Å². The van der Waals surface area contributed by atoms with E-state index in [1.807, 2.05) is 62.8 Å². The van der Waals surface area contributed by atoms with Crippen LogP contribution in [-0.2, 0) is 11.3 Å². The van der Waals surface area contributed by atoms with Gasteiger partial charge in [-0.25, -0.2) is 4.98 Å².